The Morgan fingerprint density at radius 1 is 0.800 bits per heavy atom. The van der Waals surface area contributed by atoms with Gasteiger partial charge < -0.3 is 0 Å². The third-order valence-corrected chi connectivity index (χ3v) is 6.39. The van der Waals surface area contributed by atoms with Crippen LogP contribution in [-0.2, 0) is 0 Å². The molecule has 0 saturated heterocycles. The van der Waals surface area contributed by atoms with E-state index in [2.05, 4.69) is 0 Å². The molecule has 0 fully saturated rings. The zero-order valence-electron chi connectivity index (χ0n) is 13.1. The Bertz CT molecular complexity index is 1090. The molecular formula is C21H13ClO2Se. The molecule has 1 heterocycles. The molecule has 4 rings (SSSR count). The first kappa shape index (κ1) is 16.2. The minimum absolute atomic E-state index is 0.180. The van der Waals surface area contributed by atoms with Crippen molar-refractivity contribution < 1.29 is 4.42 Å². The van der Waals surface area contributed by atoms with Gasteiger partial charge in [0.15, 0.2) is 0 Å². The molecule has 0 bridgehead atoms. The van der Waals surface area contributed by atoms with Gasteiger partial charge in [0.2, 0.25) is 0 Å². The van der Waals surface area contributed by atoms with E-state index in [-0.39, 0.29) is 20.6 Å². The Labute approximate surface area is 156 Å². The topological polar surface area (TPSA) is 30.2 Å². The van der Waals surface area contributed by atoms with Crippen molar-refractivity contribution in [2.45, 2.75) is 0 Å². The molecule has 25 heavy (non-hydrogen) atoms. The molecule has 122 valence electrons. The molecule has 2 nitrogen and oxygen atoms in total. The van der Waals surface area contributed by atoms with E-state index >= 15 is 0 Å². The molecule has 4 heteroatoms. The Kier molecular flexibility index (Phi) is 4.46. The normalized spacial score (nSPS) is 10.9. The molecule has 0 amide bonds. The fourth-order valence-electron chi connectivity index (χ4n) is 2.74. The van der Waals surface area contributed by atoms with Crippen molar-refractivity contribution in [3.05, 3.63) is 94.3 Å². The van der Waals surface area contributed by atoms with E-state index in [0.717, 1.165) is 25.4 Å². The van der Waals surface area contributed by atoms with Crippen LogP contribution in [0, 0.1) is 0 Å². The van der Waals surface area contributed by atoms with Gasteiger partial charge >= 0.3 is 156 Å². The maximum atomic E-state index is 12.7. The third kappa shape index (κ3) is 3.27. The summed E-state index contributed by atoms with van der Waals surface area (Å²) in [7, 11) is 0. The van der Waals surface area contributed by atoms with E-state index < -0.39 is 0 Å². The van der Waals surface area contributed by atoms with E-state index in [9.17, 15) is 4.79 Å². The van der Waals surface area contributed by atoms with Crippen LogP contribution in [0.15, 0.2) is 88.1 Å². The summed E-state index contributed by atoms with van der Waals surface area (Å²) in [6, 6.07) is 25.3. The molecular weight excluding hydrogens is 399 g/mol. The van der Waals surface area contributed by atoms with Crippen molar-refractivity contribution >= 4 is 46.5 Å². The maximum absolute atomic E-state index is 12.7. The summed E-state index contributed by atoms with van der Waals surface area (Å²) >= 11 is 5.80. The summed E-state index contributed by atoms with van der Waals surface area (Å²) in [6.07, 6.45) is 0. The van der Waals surface area contributed by atoms with E-state index in [0.29, 0.717) is 10.6 Å². The first-order chi connectivity index (χ1) is 12.2. The molecule has 0 N–H and O–H groups in total. The van der Waals surface area contributed by atoms with Crippen molar-refractivity contribution in [2.24, 2.45) is 0 Å². The monoisotopic (exact) mass is 412 g/mol. The van der Waals surface area contributed by atoms with Gasteiger partial charge in [-0.15, -0.1) is 0 Å². The summed E-state index contributed by atoms with van der Waals surface area (Å²) in [5.74, 6) is 0. The van der Waals surface area contributed by atoms with E-state index in [4.69, 9.17) is 16.0 Å². The predicted molar refractivity (Wildman–Crippen MR) is 104 cm³/mol. The number of halogens is 1. The molecule has 0 aliphatic heterocycles. The van der Waals surface area contributed by atoms with Crippen LogP contribution < -0.4 is 14.5 Å². The number of fused-ring (bicyclic) bond motifs is 1. The van der Waals surface area contributed by atoms with Crippen LogP contribution in [-0.4, -0.2) is 15.0 Å². The van der Waals surface area contributed by atoms with Crippen molar-refractivity contribution in [3.63, 3.8) is 0 Å². The SMILES string of the molecule is O=c1oc2ccccc2c(-c2ccccc2)c1[Se]c1ccc(Cl)cc1. The average molecular weight is 412 g/mol. The zero-order chi connectivity index (χ0) is 17.2. The molecule has 0 spiro atoms. The molecule has 0 saturated carbocycles. The van der Waals surface area contributed by atoms with Crippen LogP contribution in [0.1, 0.15) is 0 Å². The molecule has 4 aromatic rings. The van der Waals surface area contributed by atoms with E-state index in [1.165, 1.54) is 0 Å². The summed E-state index contributed by atoms with van der Waals surface area (Å²) < 4.78 is 7.39. The summed E-state index contributed by atoms with van der Waals surface area (Å²) in [5.41, 5.74) is 2.33. The van der Waals surface area contributed by atoms with Gasteiger partial charge in [0.25, 0.3) is 0 Å². The van der Waals surface area contributed by atoms with Crippen LogP contribution in [0.25, 0.3) is 22.1 Å². The summed E-state index contributed by atoms with van der Waals surface area (Å²) in [5, 5.41) is 1.65. The van der Waals surface area contributed by atoms with Gasteiger partial charge in [-0.05, 0) is 0 Å². The number of hydrogen-bond acceptors (Lipinski definition) is 2. The van der Waals surface area contributed by atoms with Crippen LogP contribution in [0.5, 0.6) is 0 Å². The summed E-state index contributed by atoms with van der Waals surface area (Å²) in [6.45, 7) is 0. The molecule has 1 aromatic heterocycles. The van der Waals surface area contributed by atoms with Crippen molar-refractivity contribution in [1.82, 2.24) is 0 Å². The van der Waals surface area contributed by atoms with E-state index in [1.807, 2.05) is 78.9 Å². The van der Waals surface area contributed by atoms with Crippen molar-refractivity contribution in [2.75, 3.05) is 0 Å². The van der Waals surface area contributed by atoms with Crippen molar-refractivity contribution in [1.29, 1.82) is 0 Å². The van der Waals surface area contributed by atoms with Crippen LogP contribution in [0.4, 0.5) is 0 Å². The Balaban J connectivity index is 1.98. The van der Waals surface area contributed by atoms with Gasteiger partial charge in [0, 0.05) is 0 Å². The quantitative estimate of drug-likeness (QED) is 0.379. The Hall–Kier alpha value is -2.32. The molecule has 0 unspecified atom stereocenters. The molecule has 0 aliphatic rings. The van der Waals surface area contributed by atoms with Gasteiger partial charge in [-0.2, -0.15) is 0 Å². The third-order valence-electron chi connectivity index (χ3n) is 3.87. The first-order valence-corrected chi connectivity index (χ1v) is 9.86. The minimum atomic E-state index is -0.271. The second kappa shape index (κ2) is 6.89. The Morgan fingerprint density at radius 3 is 2.24 bits per heavy atom. The second-order valence-corrected chi connectivity index (χ2v) is 8.22. The van der Waals surface area contributed by atoms with Gasteiger partial charge in [-0.25, -0.2) is 0 Å². The standard InChI is InChI=1S/C21H13ClO2Se/c22-15-10-12-16(13-11-15)25-20-19(14-6-2-1-3-7-14)17-8-4-5-9-18(17)24-21(20)23/h1-13H. The zero-order valence-corrected chi connectivity index (χ0v) is 15.6. The number of para-hydroxylation sites is 1. The number of hydrogen-bond donors (Lipinski definition) is 0. The number of rotatable bonds is 3. The van der Waals surface area contributed by atoms with Crippen LogP contribution in [0.3, 0.4) is 0 Å². The summed E-state index contributed by atoms with van der Waals surface area (Å²) in [4.78, 5) is 12.7. The number of benzene rings is 3. The molecule has 3 aromatic carbocycles. The first-order valence-electron chi connectivity index (χ1n) is 7.77. The fourth-order valence-corrected chi connectivity index (χ4v) is 4.88. The van der Waals surface area contributed by atoms with E-state index in [1.54, 1.807) is 0 Å². The van der Waals surface area contributed by atoms with Crippen LogP contribution in [0.2, 0.25) is 5.02 Å². The molecule has 0 aliphatic carbocycles. The van der Waals surface area contributed by atoms with Gasteiger partial charge in [-0.1, -0.05) is 0 Å². The van der Waals surface area contributed by atoms with Crippen LogP contribution >= 0.6 is 11.6 Å². The molecule has 0 radical (unpaired) electrons. The predicted octanol–water partition coefficient (Wildman–Crippen LogP) is 3.77. The van der Waals surface area contributed by atoms with Gasteiger partial charge in [-0.3, -0.25) is 0 Å². The van der Waals surface area contributed by atoms with Crippen molar-refractivity contribution in [3.8, 4) is 11.1 Å². The fraction of sp³-hybridized carbons (Fsp3) is 0. The van der Waals surface area contributed by atoms with Gasteiger partial charge in [0.1, 0.15) is 0 Å². The Morgan fingerprint density at radius 2 is 1.48 bits per heavy atom. The second-order valence-electron chi connectivity index (χ2n) is 5.51. The average Bonchev–Trinajstić information content (AvgIpc) is 2.65. The van der Waals surface area contributed by atoms with Gasteiger partial charge in [0.05, 0.1) is 0 Å². The molecule has 0 atom stereocenters.